The number of nitrogens with zero attached hydrogens (tertiary/aromatic N) is 4. The summed E-state index contributed by atoms with van der Waals surface area (Å²) in [6.07, 6.45) is -7.08. The van der Waals surface area contributed by atoms with Gasteiger partial charge in [-0.25, -0.2) is 9.48 Å². The minimum absolute atomic E-state index is 0.186. The molecule has 3 aromatic rings. The molecule has 2 aromatic heterocycles. The van der Waals surface area contributed by atoms with Crippen molar-refractivity contribution in [2.24, 2.45) is 5.73 Å². The molecule has 14 heteroatoms. The van der Waals surface area contributed by atoms with Gasteiger partial charge in [0.2, 0.25) is 11.7 Å². The third kappa shape index (κ3) is 7.09. The van der Waals surface area contributed by atoms with Crippen molar-refractivity contribution in [2.45, 2.75) is 31.7 Å². The fourth-order valence-electron chi connectivity index (χ4n) is 2.16. The Morgan fingerprint density at radius 3 is 2.23 bits per heavy atom. The predicted octanol–water partition coefficient (Wildman–Crippen LogP) is 3.82. The van der Waals surface area contributed by atoms with Gasteiger partial charge in [0.1, 0.15) is 0 Å². The Bertz CT molecular complexity index is 1010. The van der Waals surface area contributed by atoms with Gasteiger partial charge >= 0.3 is 18.3 Å². The normalized spacial score (nSPS) is 12.8. The summed E-state index contributed by atoms with van der Waals surface area (Å²) in [6, 6.07) is 5.69. The molecule has 0 bridgehead atoms. The largest absolute Gasteiger partial charge is 0.490 e. The summed E-state index contributed by atoms with van der Waals surface area (Å²) < 4.78 is 75.3. The van der Waals surface area contributed by atoms with E-state index < -0.39 is 30.8 Å². The summed E-state index contributed by atoms with van der Waals surface area (Å²) in [5.74, 6) is -2.81. The maximum absolute atomic E-state index is 12.4. The van der Waals surface area contributed by atoms with Crippen molar-refractivity contribution < 1.29 is 40.8 Å². The van der Waals surface area contributed by atoms with Crippen molar-refractivity contribution in [3.8, 4) is 17.1 Å². The SMILES string of the molecule is Cc1cnn(-c2ccc(-c3noc(C(N)CC(F)(F)F)n3)cc2)c1.O=C(O)C(F)(F)F. The molecular formula is C17H15F6N5O3. The van der Waals surface area contributed by atoms with Crippen LogP contribution in [0.25, 0.3) is 17.1 Å². The molecule has 168 valence electrons. The third-order valence-corrected chi connectivity index (χ3v) is 3.55. The van der Waals surface area contributed by atoms with Crippen LogP contribution in [-0.2, 0) is 4.79 Å². The highest BCUT2D eigenvalue weighted by Gasteiger charge is 2.38. The van der Waals surface area contributed by atoms with E-state index >= 15 is 0 Å². The minimum Gasteiger partial charge on any atom is -0.475 e. The van der Waals surface area contributed by atoms with Crippen molar-refractivity contribution in [1.82, 2.24) is 19.9 Å². The molecule has 0 aliphatic heterocycles. The van der Waals surface area contributed by atoms with Crippen LogP contribution in [0.5, 0.6) is 0 Å². The maximum atomic E-state index is 12.4. The molecule has 0 saturated carbocycles. The van der Waals surface area contributed by atoms with Gasteiger partial charge in [-0.05, 0) is 36.8 Å². The van der Waals surface area contributed by atoms with Crippen LogP contribution in [0.15, 0.2) is 41.2 Å². The number of hydrogen-bond acceptors (Lipinski definition) is 6. The number of aryl methyl sites for hydroxylation is 1. The lowest BCUT2D eigenvalue weighted by molar-refractivity contribution is -0.192. The number of carboxylic acids is 1. The molecule has 1 unspecified atom stereocenters. The Kier molecular flexibility index (Phi) is 7.05. The van der Waals surface area contributed by atoms with Crippen LogP contribution in [0.2, 0.25) is 0 Å². The number of carboxylic acid groups (broad SMARTS) is 1. The zero-order valence-electron chi connectivity index (χ0n) is 15.6. The zero-order valence-corrected chi connectivity index (χ0v) is 15.6. The summed E-state index contributed by atoms with van der Waals surface area (Å²) in [5.41, 5.74) is 7.92. The summed E-state index contributed by atoms with van der Waals surface area (Å²) in [6.45, 7) is 1.93. The number of benzene rings is 1. The predicted molar refractivity (Wildman–Crippen MR) is 92.9 cm³/mol. The summed E-state index contributed by atoms with van der Waals surface area (Å²) in [4.78, 5) is 12.8. The molecule has 0 fully saturated rings. The number of alkyl halides is 6. The van der Waals surface area contributed by atoms with Crippen molar-refractivity contribution in [1.29, 1.82) is 0 Å². The molecule has 0 amide bonds. The monoisotopic (exact) mass is 451 g/mol. The quantitative estimate of drug-likeness (QED) is 0.579. The summed E-state index contributed by atoms with van der Waals surface area (Å²) in [5, 5.41) is 15.0. The van der Waals surface area contributed by atoms with E-state index in [4.69, 9.17) is 20.2 Å². The fourth-order valence-corrected chi connectivity index (χ4v) is 2.16. The van der Waals surface area contributed by atoms with Crippen LogP contribution in [0.1, 0.15) is 23.9 Å². The molecule has 3 rings (SSSR count). The summed E-state index contributed by atoms with van der Waals surface area (Å²) in [7, 11) is 0. The lowest BCUT2D eigenvalue weighted by Crippen LogP contribution is -2.21. The first-order valence-electron chi connectivity index (χ1n) is 8.34. The third-order valence-electron chi connectivity index (χ3n) is 3.55. The topological polar surface area (TPSA) is 120 Å². The van der Waals surface area contributed by atoms with Crippen LogP contribution in [0.4, 0.5) is 26.3 Å². The molecule has 2 heterocycles. The van der Waals surface area contributed by atoms with Crippen molar-refractivity contribution in [2.75, 3.05) is 0 Å². The lowest BCUT2D eigenvalue weighted by atomic mass is 10.2. The molecule has 0 aliphatic carbocycles. The molecule has 1 atom stereocenters. The van der Waals surface area contributed by atoms with E-state index in [2.05, 4.69) is 15.2 Å². The minimum atomic E-state index is -5.08. The van der Waals surface area contributed by atoms with Gasteiger partial charge in [-0.3, -0.25) is 0 Å². The highest BCUT2D eigenvalue weighted by atomic mass is 19.4. The Hall–Kier alpha value is -3.42. The van der Waals surface area contributed by atoms with Gasteiger partial charge in [-0.15, -0.1) is 0 Å². The number of carbonyl (C=O) groups is 1. The Balaban J connectivity index is 0.000000423. The van der Waals surface area contributed by atoms with Crippen LogP contribution in [0, 0.1) is 6.92 Å². The molecule has 31 heavy (non-hydrogen) atoms. The van der Waals surface area contributed by atoms with Crippen molar-refractivity contribution in [3.05, 3.63) is 48.1 Å². The van der Waals surface area contributed by atoms with Crippen LogP contribution < -0.4 is 5.73 Å². The van der Waals surface area contributed by atoms with Gasteiger partial charge in [0.25, 0.3) is 0 Å². The first-order chi connectivity index (χ1) is 14.3. The van der Waals surface area contributed by atoms with E-state index in [1.165, 1.54) is 0 Å². The second kappa shape index (κ2) is 9.16. The molecule has 1 aromatic carbocycles. The smallest absolute Gasteiger partial charge is 0.475 e. The molecule has 0 spiro atoms. The van der Waals surface area contributed by atoms with Gasteiger partial charge in [-0.1, -0.05) is 5.16 Å². The highest BCUT2D eigenvalue weighted by molar-refractivity contribution is 5.73. The van der Waals surface area contributed by atoms with Crippen molar-refractivity contribution >= 4 is 5.97 Å². The van der Waals surface area contributed by atoms with E-state index in [0.29, 0.717) is 5.56 Å². The lowest BCUT2D eigenvalue weighted by Gasteiger charge is -2.09. The van der Waals surface area contributed by atoms with Gasteiger partial charge < -0.3 is 15.4 Å². The molecular weight excluding hydrogens is 436 g/mol. The van der Waals surface area contributed by atoms with Crippen LogP contribution in [0.3, 0.4) is 0 Å². The molecule has 0 aliphatic rings. The zero-order chi connectivity index (χ0) is 23.4. The number of halogens is 6. The maximum Gasteiger partial charge on any atom is 0.490 e. The number of hydrogen-bond donors (Lipinski definition) is 2. The molecule has 0 radical (unpaired) electrons. The highest BCUT2D eigenvalue weighted by Crippen LogP contribution is 2.28. The Labute approximate surface area is 170 Å². The average molecular weight is 451 g/mol. The number of aromatic nitrogens is 4. The fraction of sp³-hybridized carbons (Fsp3) is 0.294. The number of rotatable bonds is 4. The Morgan fingerprint density at radius 2 is 1.77 bits per heavy atom. The number of aliphatic carboxylic acids is 1. The van der Waals surface area contributed by atoms with E-state index in [0.717, 1.165) is 11.3 Å². The number of nitrogens with two attached hydrogens (primary N) is 1. The second-order valence-corrected chi connectivity index (χ2v) is 6.19. The summed E-state index contributed by atoms with van der Waals surface area (Å²) >= 11 is 0. The standard InChI is InChI=1S/C15H14F3N5O.C2HF3O2/c1-9-7-20-23(8-9)11-4-2-10(3-5-11)13-21-14(24-22-13)12(19)6-15(16,17)18;3-2(4,5)1(6)7/h2-5,7-8,12H,6,19H2,1H3;(H,6,7). The second-order valence-electron chi connectivity index (χ2n) is 6.19. The van der Waals surface area contributed by atoms with E-state index in [1.807, 2.05) is 13.1 Å². The molecule has 3 N–H and O–H groups in total. The van der Waals surface area contributed by atoms with Crippen molar-refractivity contribution in [3.63, 3.8) is 0 Å². The van der Waals surface area contributed by atoms with E-state index in [-0.39, 0.29) is 11.7 Å². The van der Waals surface area contributed by atoms with E-state index in [9.17, 15) is 26.3 Å². The average Bonchev–Trinajstić information content (AvgIpc) is 3.29. The molecule has 8 nitrogen and oxygen atoms in total. The first-order valence-corrected chi connectivity index (χ1v) is 8.34. The van der Waals surface area contributed by atoms with Gasteiger partial charge in [-0.2, -0.15) is 36.4 Å². The van der Waals surface area contributed by atoms with Gasteiger partial charge in [0.05, 0.1) is 24.3 Å². The van der Waals surface area contributed by atoms with Gasteiger partial charge in [0.15, 0.2) is 0 Å². The first kappa shape index (κ1) is 23.9. The van der Waals surface area contributed by atoms with E-state index in [1.54, 1.807) is 35.1 Å². The van der Waals surface area contributed by atoms with Gasteiger partial charge in [0, 0.05) is 11.8 Å². The molecule has 0 saturated heterocycles. The Morgan fingerprint density at radius 1 is 1.19 bits per heavy atom. The van der Waals surface area contributed by atoms with Crippen LogP contribution in [-0.4, -0.2) is 43.3 Å². The van der Waals surface area contributed by atoms with Crippen LogP contribution >= 0.6 is 0 Å².